The highest BCUT2D eigenvalue weighted by Gasteiger charge is 2.08. The number of nitrogens with zero attached hydrogens (tertiary/aromatic N) is 1. The minimum absolute atomic E-state index is 0.105. The summed E-state index contributed by atoms with van der Waals surface area (Å²) in [5, 5.41) is 6.66. The number of benzene rings is 2. The molecule has 2 rings (SSSR count). The number of aryl methyl sites for hydroxylation is 2. The maximum atomic E-state index is 12.2. The lowest BCUT2D eigenvalue weighted by Crippen LogP contribution is -2.23. The monoisotopic (exact) mass is 359 g/mol. The van der Waals surface area contributed by atoms with Crippen molar-refractivity contribution in [3.63, 3.8) is 0 Å². The van der Waals surface area contributed by atoms with E-state index < -0.39 is 0 Å². The van der Waals surface area contributed by atoms with Gasteiger partial charge in [-0.3, -0.25) is 4.79 Å². The number of halogens is 1. The van der Waals surface area contributed by atoms with Crippen LogP contribution in [0.2, 0.25) is 5.02 Å². The van der Waals surface area contributed by atoms with E-state index in [9.17, 15) is 4.79 Å². The molecule has 0 spiro atoms. The fourth-order valence-electron chi connectivity index (χ4n) is 2.86. The minimum atomic E-state index is -0.105. The van der Waals surface area contributed by atoms with E-state index in [0.29, 0.717) is 5.02 Å². The third-order valence-electron chi connectivity index (χ3n) is 4.14. The summed E-state index contributed by atoms with van der Waals surface area (Å²) in [6.07, 6.45) is 0. The smallest absolute Gasteiger partial charge is 0.243 e. The Labute approximate surface area is 155 Å². The zero-order valence-corrected chi connectivity index (χ0v) is 16.1. The quantitative estimate of drug-likeness (QED) is 0.742. The number of hydrogen-bond donors (Lipinski definition) is 2. The molecule has 5 heteroatoms. The largest absolute Gasteiger partial charge is 0.375 e. The summed E-state index contributed by atoms with van der Waals surface area (Å²) < 4.78 is 0. The van der Waals surface area contributed by atoms with Crippen LogP contribution in [-0.4, -0.2) is 25.5 Å². The van der Waals surface area contributed by atoms with Gasteiger partial charge < -0.3 is 15.5 Å². The summed E-state index contributed by atoms with van der Waals surface area (Å²) in [6, 6.07) is 11.8. The summed E-state index contributed by atoms with van der Waals surface area (Å²) >= 11 is 6.25. The van der Waals surface area contributed by atoms with Gasteiger partial charge in [0.05, 0.1) is 17.3 Å². The molecule has 0 saturated carbocycles. The van der Waals surface area contributed by atoms with E-state index in [1.807, 2.05) is 50.2 Å². The number of hydrogen-bond acceptors (Lipinski definition) is 3. The van der Waals surface area contributed by atoms with Crippen LogP contribution in [0.1, 0.15) is 25.0 Å². The van der Waals surface area contributed by atoms with Gasteiger partial charge in [-0.25, -0.2) is 0 Å². The summed E-state index contributed by atoms with van der Waals surface area (Å²) in [5.74, 6) is -0.105. The van der Waals surface area contributed by atoms with E-state index >= 15 is 0 Å². The molecule has 0 radical (unpaired) electrons. The van der Waals surface area contributed by atoms with Crippen LogP contribution in [-0.2, 0) is 4.79 Å². The molecule has 0 atom stereocenters. The number of carbonyl (C=O) groups excluding carboxylic acids is 1. The number of nitrogens with one attached hydrogen (secondary N) is 2. The fourth-order valence-corrected chi connectivity index (χ4v) is 3.25. The van der Waals surface area contributed by atoms with E-state index in [4.69, 9.17) is 11.6 Å². The maximum Gasteiger partial charge on any atom is 0.243 e. The van der Waals surface area contributed by atoms with Gasteiger partial charge in [0.2, 0.25) is 5.91 Å². The minimum Gasteiger partial charge on any atom is -0.375 e. The number of amides is 1. The lowest BCUT2D eigenvalue weighted by Gasteiger charge is -2.21. The molecule has 0 aliphatic heterocycles. The van der Waals surface area contributed by atoms with Crippen molar-refractivity contribution in [1.82, 2.24) is 0 Å². The molecule has 134 valence electrons. The first-order chi connectivity index (χ1) is 11.9. The van der Waals surface area contributed by atoms with Crippen molar-refractivity contribution in [1.29, 1.82) is 0 Å². The lowest BCUT2D eigenvalue weighted by molar-refractivity contribution is -0.114. The maximum absolute atomic E-state index is 12.2. The van der Waals surface area contributed by atoms with Crippen LogP contribution in [0.4, 0.5) is 17.1 Å². The van der Waals surface area contributed by atoms with Crippen molar-refractivity contribution in [3.8, 4) is 0 Å². The van der Waals surface area contributed by atoms with Crippen molar-refractivity contribution < 1.29 is 4.79 Å². The third kappa shape index (κ3) is 5.13. The standard InChI is InChI=1S/C20H26ClN3O/c1-5-24(6-2)17-9-7-16(8-10-17)23-19(25)13-22-20-15(4)11-14(3)12-18(20)21/h7-12,22H,5-6,13H2,1-4H3,(H,23,25). The molecule has 0 aliphatic rings. The Morgan fingerprint density at radius 1 is 1.08 bits per heavy atom. The Bertz CT molecular complexity index is 701. The Hall–Kier alpha value is -2.20. The first kappa shape index (κ1) is 19.1. The van der Waals surface area contributed by atoms with E-state index in [-0.39, 0.29) is 12.5 Å². The fraction of sp³-hybridized carbons (Fsp3) is 0.350. The predicted molar refractivity (Wildman–Crippen MR) is 108 cm³/mol. The van der Waals surface area contributed by atoms with E-state index in [2.05, 4.69) is 29.4 Å². The average molecular weight is 360 g/mol. The summed E-state index contributed by atoms with van der Waals surface area (Å²) in [4.78, 5) is 14.4. The first-order valence-corrected chi connectivity index (χ1v) is 8.97. The van der Waals surface area contributed by atoms with E-state index in [0.717, 1.165) is 41.3 Å². The summed E-state index contributed by atoms with van der Waals surface area (Å²) in [5.41, 5.74) is 4.88. The Morgan fingerprint density at radius 3 is 2.28 bits per heavy atom. The molecule has 0 bridgehead atoms. The van der Waals surface area contributed by atoms with Crippen LogP contribution < -0.4 is 15.5 Å². The van der Waals surface area contributed by atoms with E-state index in [1.165, 1.54) is 0 Å². The Balaban J connectivity index is 1.95. The molecule has 25 heavy (non-hydrogen) atoms. The first-order valence-electron chi connectivity index (χ1n) is 8.60. The zero-order valence-electron chi connectivity index (χ0n) is 15.3. The molecular formula is C20H26ClN3O. The lowest BCUT2D eigenvalue weighted by atomic mass is 10.1. The van der Waals surface area contributed by atoms with Crippen molar-refractivity contribution in [2.24, 2.45) is 0 Å². The molecule has 0 fully saturated rings. The third-order valence-corrected chi connectivity index (χ3v) is 4.44. The predicted octanol–water partition coefficient (Wildman–Crippen LogP) is 4.85. The summed E-state index contributed by atoms with van der Waals surface area (Å²) in [6.45, 7) is 10.3. The van der Waals surface area contributed by atoms with Crippen LogP contribution in [0.5, 0.6) is 0 Å². The van der Waals surface area contributed by atoms with Gasteiger partial charge in [-0.2, -0.15) is 0 Å². The SMILES string of the molecule is CCN(CC)c1ccc(NC(=O)CNc2c(C)cc(C)cc2Cl)cc1. The number of rotatable bonds is 7. The normalized spacial score (nSPS) is 10.4. The van der Waals surface area contributed by atoms with Gasteiger partial charge in [0, 0.05) is 24.5 Å². The van der Waals surface area contributed by atoms with Gasteiger partial charge in [0.1, 0.15) is 0 Å². The molecule has 0 aliphatic carbocycles. The van der Waals surface area contributed by atoms with E-state index in [1.54, 1.807) is 0 Å². The second-order valence-electron chi connectivity index (χ2n) is 6.06. The Morgan fingerprint density at radius 2 is 1.72 bits per heavy atom. The van der Waals surface area contributed by atoms with Crippen molar-refractivity contribution >= 4 is 34.6 Å². The second-order valence-corrected chi connectivity index (χ2v) is 6.47. The average Bonchev–Trinajstić information content (AvgIpc) is 2.56. The molecule has 2 N–H and O–H groups in total. The van der Waals surface area contributed by atoms with Crippen molar-refractivity contribution in [2.45, 2.75) is 27.7 Å². The highest BCUT2D eigenvalue weighted by molar-refractivity contribution is 6.33. The molecule has 1 amide bonds. The van der Waals surface area contributed by atoms with Crippen molar-refractivity contribution in [3.05, 3.63) is 52.5 Å². The zero-order chi connectivity index (χ0) is 18.4. The van der Waals surface area contributed by atoms with Gasteiger partial charge in [-0.05, 0) is 69.2 Å². The van der Waals surface area contributed by atoms with Crippen LogP contribution in [0.15, 0.2) is 36.4 Å². The van der Waals surface area contributed by atoms with Gasteiger partial charge >= 0.3 is 0 Å². The van der Waals surface area contributed by atoms with Crippen LogP contribution in [0.3, 0.4) is 0 Å². The molecule has 0 heterocycles. The van der Waals surface area contributed by atoms with Crippen molar-refractivity contribution in [2.75, 3.05) is 35.2 Å². The molecule has 0 saturated heterocycles. The van der Waals surface area contributed by atoms with Gasteiger partial charge in [-0.15, -0.1) is 0 Å². The van der Waals surface area contributed by atoms with Gasteiger partial charge in [0.15, 0.2) is 0 Å². The summed E-state index contributed by atoms with van der Waals surface area (Å²) in [7, 11) is 0. The molecule has 2 aromatic carbocycles. The second kappa shape index (κ2) is 8.77. The van der Waals surface area contributed by atoms with Crippen LogP contribution in [0.25, 0.3) is 0 Å². The number of carbonyl (C=O) groups is 1. The molecule has 4 nitrogen and oxygen atoms in total. The molecule has 0 aromatic heterocycles. The molecular weight excluding hydrogens is 334 g/mol. The van der Waals surface area contributed by atoms with Gasteiger partial charge in [-0.1, -0.05) is 17.7 Å². The van der Waals surface area contributed by atoms with Crippen LogP contribution in [0, 0.1) is 13.8 Å². The Kier molecular flexibility index (Phi) is 6.71. The van der Waals surface area contributed by atoms with Gasteiger partial charge in [0.25, 0.3) is 0 Å². The van der Waals surface area contributed by atoms with Crippen LogP contribution >= 0.6 is 11.6 Å². The molecule has 2 aromatic rings. The highest BCUT2D eigenvalue weighted by atomic mass is 35.5. The highest BCUT2D eigenvalue weighted by Crippen LogP contribution is 2.27. The molecule has 0 unspecified atom stereocenters. The topological polar surface area (TPSA) is 44.4 Å². The number of anilines is 3.